The quantitative estimate of drug-likeness (QED) is 0.806. The van der Waals surface area contributed by atoms with Crippen LogP contribution in [0.25, 0.3) is 0 Å². The second kappa shape index (κ2) is 6.83. The first-order valence-electron chi connectivity index (χ1n) is 7.09. The van der Waals surface area contributed by atoms with Crippen molar-refractivity contribution in [3.8, 4) is 0 Å². The number of nitrogens with one attached hydrogen (secondary N) is 2. The zero-order valence-corrected chi connectivity index (χ0v) is 14.2. The highest BCUT2D eigenvalue weighted by Crippen LogP contribution is 2.19. The van der Waals surface area contributed by atoms with Crippen molar-refractivity contribution in [3.63, 3.8) is 0 Å². The summed E-state index contributed by atoms with van der Waals surface area (Å²) in [5.74, 6) is 0.607. The molecule has 6 nitrogen and oxygen atoms in total. The molecule has 2 rings (SSSR count). The topological polar surface area (TPSA) is 76.1 Å². The van der Waals surface area contributed by atoms with Crippen LogP contribution in [-0.2, 0) is 4.74 Å². The Morgan fingerprint density at radius 2 is 1.74 bits per heavy atom. The fourth-order valence-electron chi connectivity index (χ4n) is 1.80. The molecule has 0 unspecified atom stereocenters. The number of rotatable bonds is 3. The van der Waals surface area contributed by atoms with Crippen LogP contribution in [0.15, 0.2) is 30.3 Å². The highest BCUT2D eigenvalue weighted by atomic mass is 35.5. The number of benzene rings is 1. The summed E-state index contributed by atoms with van der Waals surface area (Å²) in [6.45, 7) is 7.28. The van der Waals surface area contributed by atoms with Crippen LogP contribution >= 0.6 is 11.6 Å². The predicted octanol–water partition coefficient (Wildman–Crippen LogP) is 4.53. The number of nitrogens with zero attached hydrogens (tertiary/aromatic N) is 2. The first-order valence-corrected chi connectivity index (χ1v) is 7.47. The molecule has 0 spiro atoms. The molecule has 1 aromatic carbocycles. The first kappa shape index (κ1) is 17.0. The molecule has 2 N–H and O–H groups in total. The minimum absolute atomic E-state index is 0.190. The molecule has 2 aromatic rings. The van der Waals surface area contributed by atoms with E-state index in [0.29, 0.717) is 11.5 Å². The van der Waals surface area contributed by atoms with Crippen molar-refractivity contribution < 1.29 is 9.53 Å². The third-order valence-electron chi connectivity index (χ3n) is 2.63. The number of aromatic nitrogens is 2. The fraction of sp³-hybridized carbons (Fsp3) is 0.312. The Morgan fingerprint density at radius 3 is 2.30 bits per heavy atom. The van der Waals surface area contributed by atoms with Gasteiger partial charge in [-0.1, -0.05) is 0 Å². The van der Waals surface area contributed by atoms with Crippen molar-refractivity contribution in [2.75, 3.05) is 10.6 Å². The average Bonchev–Trinajstić information content (AvgIpc) is 2.37. The maximum atomic E-state index is 11.7. The smallest absolute Gasteiger partial charge is 0.412 e. The van der Waals surface area contributed by atoms with Gasteiger partial charge in [0.15, 0.2) is 0 Å². The van der Waals surface area contributed by atoms with Crippen LogP contribution in [0.1, 0.15) is 26.5 Å². The van der Waals surface area contributed by atoms with Gasteiger partial charge in [0.05, 0.1) is 0 Å². The molecule has 0 saturated carbocycles. The van der Waals surface area contributed by atoms with Crippen LogP contribution in [0.5, 0.6) is 0 Å². The van der Waals surface area contributed by atoms with E-state index in [1.807, 2.05) is 39.8 Å². The standard InChI is InChI=1S/C16H19ClN4O2/c1-10-9-13(21-14(17)18-10)19-11-5-7-12(8-6-11)20-15(22)23-16(2,3)4/h5-9H,1-4H3,(H,20,22)(H,18,19,21). The number of hydrogen-bond acceptors (Lipinski definition) is 5. The summed E-state index contributed by atoms with van der Waals surface area (Å²) in [6.07, 6.45) is -0.489. The third kappa shape index (κ3) is 5.75. The Bertz CT molecular complexity index is 676. The zero-order valence-electron chi connectivity index (χ0n) is 13.5. The molecule has 23 heavy (non-hydrogen) atoms. The number of halogens is 1. The SMILES string of the molecule is Cc1cc(Nc2ccc(NC(=O)OC(C)(C)C)cc2)nc(Cl)n1. The molecular weight excluding hydrogens is 316 g/mol. The molecule has 0 aliphatic rings. The Hall–Kier alpha value is -2.34. The number of carbonyl (C=O) groups is 1. The number of aryl methyl sites for hydroxylation is 1. The van der Waals surface area contributed by atoms with Gasteiger partial charge in [-0.15, -0.1) is 0 Å². The lowest BCUT2D eigenvalue weighted by atomic mass is 10.2. The summed E-state index contributed by atoms with van der Waals surface area (Å²) >= 11 is 5.83. The minimum Gasteiger partial charge on any atom is -0.444 e. The largest absolute Gasteiger partial charge is 0.444 e. The summed E-state index contributed by atoms with van der Waals surface area (Å²) in [6, 6.07) is 8.96. The van der Waals surface area contributed by atoms with E-state index in [9.17, 15) is 4.79 Å². The van der Waals surface area contributed by atoms with E-state index in [1.54, 1.807) is 18.2 Å². The number of amides is 1. The van der Waals surface area contributed by atoms with Gasteiger partial charge in [-0.25, -0.2) is 14.8 Å². The van der Waals surface area contributed by atoms with Gasteiger partial charge in [-0.05, 0) is 63.6 Å². The summed E-state index contributed by atoms with van der Waals surface area (Å²) in [7, 11) is 0. The Morgan fingerprint density at radius 1 is 1.13 bits per heavy atom. The first-order chi connectivity index (χ1) is 10.7. The Kier molecular flexibility index (Phi) is 5.05. The molecule has 122 valence electrons. The summed E-state index contributed by atoms with van der Waals surface area (Å²) in [5, 5.41) is 5.99. The molecule has 1 aromatic heterocycles. The van der Waals surface area contributed by atoms with Gasteiger partial charge in [0.2, 0.25) is 5.28 Å². The molecule has 0 aliphatic carbocycles. The lowest BCUT2D eigenvalue weighted by Gasteiger charge is -2.19. The van der Waals surface area contributed by atoms with Crippen molar-refractivity contribution in [2.45, 2.75) is 33.3 Å². The lowest BCUT2D eigenvalue weighted by Crippen LogP contribution is -2.27. The van der Waals surface area contributed by atoms with Crippen LogP contribution in [-0.4, -0.2) is 21.7 Å². The number of ether oxygens (including phenoxy) is 1. The maximum Gasteiger partial charge on any atom is 0.412 e. The molecular formula is C16H19ClN4O2. The van der Waals surface area contributed by atoms with E-state index in [1.165, 1.54) is 0 Å². The van der Waals surface area contributed by atoms with E-state index in [0.717, 1.165) is 11.4 Å². The molecule has 0 atom stereocenters. The number of anilines is 3. The van der Waals surface area contributed by atoms with Crippen LogP contribution in [0.3, 0.4) is 0 Å². The van der Waals surface area contributed by atoms with Gasteiger partial charge in [0.25, 0.3) is 0 Å². The van der Waals surface area contributed by atoms with Gasteiger partial charge in [0.1, 0.15) is 11.4 Å². The second-order valence-corrected chi connectivity index (χ2v) is 6.33. The number of carbonyl (C=O) groups excluding carboxylic acids is 1. The lowest BCUT2D eigenvalue weighted by molar-refractivity contribution is 0.0636. The monoisotopic (exact) mass is 334 g/mol. The van der Waals surface area contributed by atoms with Crippen LogP contribution in [0.4, 0.5) is 22.0 Å². The third-order valence-corrected chi connectivity index (χ3v) is 2.80. The molecule has 0 radical (unpaired) electrons. The van der Waals surface area contributed by atoms with Crippen LogP contribution in [0, 0.1) is 6.92 Å². The molecule has 1 heterocycles. The highest BCUT2D eigenvalue weighted by molar-refractivity contribution is 6.28. The van der Waals surface area contributed by atoms with Gasteiger partial charge < -0.3 is 10.1 Å². The molecule has 1 amide bonds. The van der Waals surface area contributed by atoms with Crippen LogP contribution in [0.2, 0.25) is 5.28 Å². The zero-order chi connectivity index (χ0) is 17.0. The molecule has 0 saturated heterocycles. The number of hydrogen-bond donors (Lipinski definition) is 2. The van der Waals surface area contributed by atoms with Crippen molar-refractivity contribution in [3.05, 3.63) is 41.3 Å². The van der Waals surface area contributed by atoms with Gasteiger partial charge in [0, 0.05) is 23.1 Å². The molecule has 0 bridgehead atoms. The van der Waals surface area contributed by atoms with Crippen molar-refractivity contribution in [2.24, 2.45) is 0 Å². The van der Waals surface area contributed by atoms with E-state index < -0.39 is 11.7 Å². The summed E-state index contributed by atoms with van der Waals surface area (Å²) in [5.41, 5.74) is 1.70. The van der Waals surface area contributed by atoms with E-state index in [2.05, 4.69) is 20.6 Å². The van der Waals surface area contributed by atoms with Gasteiger partial charge >= 0.3 is 6.09 Å². The van der Waals surface area contributed by atoms with Crippen molar-refractivity contribution in [1.29, 1.82) is 0 Å². The van der Waals surface area contributed by atoms with E-state index in [4.69, 9.17) is 16.3 Å². The minimum atomic E-state index is -0.532. The van der Waals surface area contributed by atoms with Gasteiger partial charge in [-0.2, -0.15) is 0 Å². The van der Waals surface area contributed by atoms with Crippen LogP contribution < -0.4 is 10.6 Å². The average molecular weight is 335 g/mol. The predicted molar refractivity (Wildman–Crippen MR) is 91.4 cm³/mol. The van der Waals surface area contributed by atoms with Gasteiger partial charge in [-0.3, -0.25) is 5.32 Å². The molecule has 7 heteroatoms. The maximum absolute atomic E-state index is 11.7. The van der Waals surface area contributed by atoms with Crippen molar-refractivity contribution >= 4 is 34.9 Å². The fourth-order valence-corrected chi connectivity index (χ4v) is 2.03. The summed E-state index contributed by atoms with van der Waals surface area (Å²) in [4.78, 5) is 19.8. The molecule has 0 fully saturated rings. The highest BCUT2D eigenvalue weighted by Gasteiger charge is 2.16. The normalized spacial score (nSPS) is 11.0. The molecule has 0 aliphatic heterocycles. The van der Waals surface area contributed by atoms with Crippen molar-refractivity contribution in [1.82, 2.24) is 9.97 Å². The second-order valence-electron chi connectivity index (χ2n) is 5.99. The Labute approximate surface area is 140 Å². The van der Waals surface area contributed by atoms with E-state index in [-0.39, 0.29) is 5.28 Å². The van der Waals surface area contributed by atoms with E-state index >= 15 is 0 Å². The summed E-state index contributed by atoms with van der Waals surface area (Å²) < 4.78 is 5.20. The Balaban J connectivity index is 2.00.